The van der Waals surface area contributed by atoms with Gasteiger partial charge >= 0.3 is 0 Å². The maximum Gasteiger partial charge on any atom is 0.278 e. The molecule has 2 heterocycles. The second kappa shape index (κ2) is 6.52. The van der Waals surface area contributed by atoms with Gasteiger partial charge in [-0.3, -0.25) is 9.36 Å². The average Bonchev–Trinajstić information content (AvgIpc) is 3.02. The van der Waals surface area contributed by atoms with Gasteiger partial charge in [0.1, 0.15) is 16.8 Å². The van der Waals surface area contributed by atoms with Gasteiger partial charge < -0.3 is 9.30 Å². The van der Waals surface area contributed by atoms with Crippen molar-refractivity contribution in [1.82, 2.24) is 14.1 Å². The molecular weight excluding hydrogens is 326 g/mol. The van der Waals surface area contributed by atoms with Crippen LogP contribution in [0.4, 0.5) is 0 Å². The van der Waals surface area contributed by atoms with E-state index in [2.05, 4.69) is 4.98 Å². The molecule has 0 aliphatic carbocycles. The molecule has 0 amide bonds. The van der Waals surface area contributed by atoms with Gasteiger partial charge in [-0.05, 0) is 23.3 Å². The van der Waals surface area contributed by atoms with Crippen LogP contribution in [-0.4, -0.2) is 21.2 Å². The number of aromatic nitrogens is 3. The molecule has 0 saturated carbocycles. The molecule has 0 N–H and O–H groups in total. The van der Waals surface area contributed by atoms with Crippen LogP contribution < -0.4 is 10.3 Å². The fourth-order valence-corrected chi connectivity index (χ4v) is 3.21. The minimum atomic E-state index is -0.0458. The maximum atomic E-state index is 13.0. The predicted octanol–water partition coefficient (Wildman–Crippen LogP) is 3.46. The molecule has 4 rings (SSSR count). The van der Waals surface area contributed by atoms with E-state index in [1.807, 2.05) is 72.4 Å². The first-order valence-electron chi connectivity index (χ1n) is 8.40. The van der Waals surface area contributed by atoms with Gasteiger partial charge in [0, 0.05) is 18.8 Å². The largest absolute Gasteiger partial charge is 0.497 e. The molecule has 0 atom stereocenters. The van der Waals surface area contributed by atoms with Crippen LogP contribution in [0, 0.1) is 0 Å². The first kappa shape index (κ1) is 16.1. The number of nitrogens with zero attached hydrogens (tertiary/aromatic N) is 3. The standard InChI is InChI=1S/C21H19N3O2/c1-23-13-18(16-9-6-10-17(11-16)26-2)19-20(23)21(25)24(14-22-19)12-15-7-4-3-5-8-15/h3-11,13-14H,12H2,1-2H3. The van der Waals surface area contributed by atoms with E-state index in [4.69, 9.17) is 4.74 Å². The number of fused-ring (bicyclic) bond motifs is 1. The summed E-state index contributed by atoms with van der Waals surface area (Å²) in [6.45, 7) is 0.502. The van der Waals surface area contributed by atoms with Crippen molar-refractivity contribution in [1.29, 1.82) is 0 Å². The normalized spacial score (nSPS) is 11.0. The number of hydrogen-bond donors (Lipinski definition) is 0. The molecule has 4 aromatic rings. The fraction of sp³-hybridized carbons (Fsp3) is 0.143. The lowest BCUT2D eigenvalue weighted by atomic mass is 10.1. The number of methoxy groups -OCH3 is 1. The van der Waals surface area contributed by atoms with Gasteiger partial charge in [0.05, 0.1) is 20.0 Å². The zero-order valence-electron chi connectivity index (χ0n) is 14.7. The summed E-state index contributed by atoms with van der Waals surface area (Å²) in [5.74, 6) is 0.775. The second-order valence-electron chi connectivity index (χ2n) is 6.25. The van der Waals surface area contributed by atoms with Gasteiger partial charge in [0.2, 0.25) is 0 Å². The Balaban J connectivity index is 1.84. The molecule has 0 aliphatic rings. The van der Waals surface area contributed by atoms with Crippen molar-refractivity contribution in [2.75, 3.05) is 7.11 Å². The van der Waals surface area contributed by atoms with Crippen LogP contribution >= 0.6 is 0 Å². The highest BCUT2D eigenvalue weighted by atomic mass is 16.5. The summed E-state index contributed by atoms with van der Waals surface area (Å²) in [5, 5.41) is 0. The molecule has 0 fully saturated rings. The Bertz CT molecular complexity index is 1130. The van der Waals surface area contributed by atoms with Gasteiger partial charge in [-0.2, -0.15) is 0 Å². The Morgan fingerprint density at radius 3 is 2.65 bits per heavy atom. The first-order valence-corrected chi connectivity index (χ1v) is 8.40. The van der Waals surface area contributed by atoms with Crippen LogP contribution in [0.3, 0.4) is 0 Å². The predicted molar refractivity (Wildman–Crippen MR) is 103 cm³/mol. The molecule has 130 valence electrons. The zero-order valence-corrected chi connectivity index (χ0v) is 14.7. The Morgan fingerprint density at radius 1 is 1.08 bits per heavy atom. The van der Waals surface area contributed by atoms with Crippen molar-refractivity contribution in [3.8, 4) is 16.9 Å². The van der Waals surface area contributed by atoms with E-state index < -0.39 is 0 Å². The maximum absolute atomic E-state index is 13.0. The number of ether oxygens (including phenoxy) is 1. The van der Waals surface area contributed by atoms with Crippen molar-refractivity contribution in [3.05, 3.63) is 83.0 Å². The monoisotopic (exact) mass is 345 g/mol. The van der Waals surface area contributed by atoms with Crippen molar-refractivity contribution >= 4 is 11.0 Å². The van der Waals surface area contributed by atoms with Gasteiger partial charge in [-0.25, -0.2) is 4.98 Å². The summed E-state index contributed by atoms with van der Waals surface area (Å²) in [4.78, 5) is 17.6. The Kier molecular flexibility index (Phi) is 4.05. The van der Waals surface area contributed by atoms with Crippen LogP contribution in [0.25, 0.3) is 22.2 Å². The first-order chi connectivity index (χ1) is 12.7. The highest BCUT2D eigenvalue weighted by molar-refractivity contribution is 5.92. The lowest BCUT2D eigenvalue weighted by Crippen LogP contribution is -2.22. The van der Waals surface area contributed by atoms with E-state index in [0.29, 0.717) is 17.6 Å². The van der Waals surface area contributed by atoms with E-state index in [9.17, 15) is 4.79 Å². The molecule has 0 spiro atoms. The molecule has 2 aromatic heterocycles. The van der Waals surface area contributed by atoms with Crippen LogP contribution in [-0.2, 0) is 13.6 Å². The fourth-order valence-electron chi connectivity index (χ4n) is 3.21. The summed E-state index contributed by atoms with van der Waals surface area (Å²) in [7, 11) is 3.52. The number of aryl methyl sites for hydroxylation is 1. The van der Waals surface area contributed by atoms with E-state index >= 15 is 0 Å². The molecule has 2 aromatic carbocycles. The molecule has 0 radical (unpaired) electrons. The van der Waals surface area contributed by atoms with Gasteiger partial charge in [0.25, 0.3) is 5.56 Å². The van der Waals surface area contributed by atoms with E-state index in [0.717, 1.165) is 22.4 Å². The van der Waals surface area contributed by atoms with Crippen molar-refractivity contribution < 1.29 is 4.74 Å². The molecule has 5 heteroatoms. The minimum Gasteiger partial charge on any atom is -0.497 e. The van der Waals surface area contributed by atoms with E-state index in [1.54, 1.807) is 18.0 Å². The minimum absolute atomic E-state index is 0.0458. The van der Waals surface area contributed by atoms with Crippen LogP contribution in [0.2, 0.25) is 0 Å². The number of hydrogen-bond acceptors (Lipinski definition) is 3. The lowest BCUT2D eigenvalue weighted by molar-refractivity contribution is 0.415. The Hall–Kier alpha value is -3.34. The molecular formula is C21H19N3O2. The molecule has 26 heavy (non-hydrogen) atoms. The van der Waals surface area contributed by atoms with Crippen molar-refractivity contribution in [3.63, 3.8) is 0 Å². The molecule has 0 aliphatic heterocycles. The van der Waals surface area contributed by atoms with Crippen LogP contribution in [0.1, 0.15) is 5.56 Å². The number of rotatable bonds is 4. The molecule has 0 unspecified atom stereocenters. The summed E-state index contributed by atoms with van der Waals surface area (Å²) in [5.41, 5.74) is 4.22. The second-order valence-corrected chi connectivity index (χ2v) is 6.25. The SMILES string of the molecule is COc1cccc(-c2cn(C)c3c(=O)n(Cc4ccccc4)cnc23)c1. The van der Waals surface area contributed by atoms with Crippen molar-refractivity contribution in [2.45, 2.75) is 6.54 Å². The third-order valence-electron chi connectivity index (χ3n) is 4.52. The summed E-state index contributed by atoms with van der Waals surface area (Å²) in [6, 6.07) is 17.7. The Morgan fingerprint density at radius 2 is 1.88 bits per heavy atom. The summed E-state index contributed by atoms with van der Waals surface area (Å²) < 4.78 is 8.81. The highest BCUT2D eigenvalue weighted by Crippen LogP contribution is 2.29. The van der Waals surface area contributed by atoms with Crippen LogP contribution in [0.15, 0.2) is 71.9 Å². The number of benzene rings is 2. The quantitative estimate of drug-likeness (QED) is 0.569. The highest BCUT2D eigenvalue weighted by Gasteiger charge is 2.15. The van der Waals surface area contributed by atoms with E-state index in [1.165, 1.54) is 0 Å². The zero-order chi connectivity index (χ0) is 18.1. The summed E-state index contributed by atoms with van der Waals surface area (Å²) >= 11 is 0. The topological polar surface area (TPSA) is 49.0 Å². The van der Waals surface area contributed by atoms with Gasteiger partial charge in [-0.15, -0.1) is 0 Å². The molecule has 5 nitrogen and oxygen atoms in total. The molecule has 0 saturated heterocycles. The van der Waals surface area contributed by atoms with Crippen molar-refractivity contribution in [2.24, 2.45) is 7.05 Å². The third kappa shape index (κ3) is 2.77. The van der Waals surface area contributed by atoms with Gasteiger partial charge in [-0.1, -0.05) is 42.5 Å². The smallest absolute Gasteiger partial charge is 0.278 e. The lowest BCUT2D eigenvalue weighted by Gasteiger charge is -2.07. The summed E-state index contributed by atoms with van der Waals surface area (Å²) in [6.07, 6.45) is 3.57. The van der Waals surface area contributed by atoms with Gasteiger partial charge in [0.15, 0.2) is 0 Å². The molecule has 0 bridgehead atoms. The van der Waals surface area contributed by atoms with E-state index in [-0.39, 0.29) is 5.56 Å². The Labute approximate surface area is 151 Å². The van der Waals surface area contributed by atoms with Crippen LogP contribution in [0.5, 0.6) is 5.75 Å². The average molecular weight is 345 g/mol. The third-order valence-corrected chi connectivity index (χ3v) is 4.52.